The first-order valence-corrected chi connectivity index (χ1v) is 8.54. The zero-order valence-electron chi connectivity index (χ0n) is 11.6. The summed E-state index contributed by atoms with van der Waals surface area (Å²) in [5.41, 5.74) is 0. The Kier molecular flexibility index (Phi) is 7.01. The van der Waals surface area contributed by atoms with Crippen LogP contribution in [0.25, 0.3) is 0 Å². The second-order valence-corrected chi connectivity index (χ2v) is 7.20. The Hall–Kier alpha value is -0.843. The van der Waals surface area contributed by atoms with E-state index >= 15 is 0 Å². The Balaban J connectivity index is 2.56. The molecule has 0 atom stereocenters. The molecule has 3 nitrogen and oxygen atoms in total. The van der Waals surface area contributed by atoms with E-state index in [2.05, 4.69) is 6.92 Å². The first-order chi connectivity index (χ1) is 8.76. The Morgan fingerprint density at radius 1 is 0.944 bits per heavy atom. The molecular weight excluding hydrogens is 244 g/mol. The minimum Gasteiger partial charge on any atom is -0.501 e. The molecule has 0 radical (unpaired) electrons. The van der Waals surface area contributed by atoms with E-state index in [4.69, 9.17) is 13.3 Å². The SMILES string of the molecule is CCCCCC[Si](OC)(OC)Oc1ccccc1. The second-order valence-electron chi connectivity index (χ2n) is 4.32. The molecule has 0 fully saturated rings. The molecule has 0 aliphatic heterocycles. The average molecular weight is 268 g/mol. The normalized spacial score (nSPS) is 11.5. The molecule has 1 aromatic rings. The molecule has 0 unspecified atom stereocenters. The molecule has 0 aliphatic carbocycles. The van der Waals surface area contributed by atoms with Crippen LogP contribution in [0.2, 0.25) is 6.04 Å². The molecule has 1 rings (SSSR count). The highest BCUT2D eigenvalue weighted by Gasteiger charge is 2.40. The van der Waals surface area contributed by atoms with Gasteiger partial charge in [-0.1, -0.05) is 44.4 Å². The van der Waals surface area contributed by atoms with E-state index in [1.807, 2.05) is 30.3 Å². The van der Waals surface area contributed by atoms with E-state index in [0.29, 0.717) is 0 Å². The minimum atomic E-state index is -2.53. The lowest BCUT2D eigenvalue weighted by Crippen LogP contribution is -2.46. The van der Waals surface area contributed by atoms with Gasteiger partial charge in [0, 0.05) is 20.3 Å². The van der Waals surface area contributed by atoms with Gasteiger partial charge >= 0.3 is 8.80 Å². The molecular formula is C14H24O3Si. The third-order valence-electron chi connectivity index (χ3n) is 2.98. The maximum Gasteiger partial charge on any atom is 0.565 e. The van der Waals surface area contributed by atoms with Crippen LogP contribution in [0, 0.1) is 0 Å². The highest BCUT2D eigenvalue weighted by Crippen LogP contribution is 2.22. The van der Waals surface area contributed by atoms with Crippen molar-refractivity contribution in [2.45, 2.75) is 38.7 Å². The summed E-state index contributed by atoms with van der Waals surface area (Å²) in [6.07, 6.45) is 4.78. The van der Waals surface area contributed by atoms with Gasteiger partial charge in [-0.15, -0.1) is 0 Å². The molecule has 102 valence electrons. The van der Waals surface area contributed by atoms with Crippen molar-refractivity contribution < 1.29 is 13.3 Å². The Bertz CT molecular complexity index is 312. The number of para-hydroxylation sites is 1. The molecule has 0 aliphatic rings. The van der Waals surface area contributed by atoms with E-state index in [1.165, 1.54) is 19.3 Å². The van der Waals surface area contributed by atoms with Crippen molar-refractivity contribution in [2.24, 2.45) is 0 Å². The number of hydrogen-bond acceptors (Lipinski definition) is 3. The third-order valence-corrected chi connectivity index (χ3v) is 5.73. The topological polar surface area (TPSA) is 27.7 Å². The summed E-state index contributed by atoms with van der Waals surface area (Å²) < 4.78 is 17.1. The Labute approximate surface area is 111 Å². The maximum absolute atomic E-state index is 5.98. The predicted octanol–water partition coefficient (Wildman–Crippen LogP) is 3.88. The Morgan fingerprint density at radius 3 is 2.17 bits per heavy atom. The van der Waals surface area contributed by atoms with Crippen LogP contribution in [0.3, 0.4) is 0 Å². The van der Waals surface area contributed by atoms with Crippen molar-refractivity contribution in [2.75, 3.05) is 14.2 Å². The van der Waals surface area contributed by atoms with Gasteiger partial charge in [-0.2, -0.15) is 0 Å². The smallest absolute Gasteiger partial charge is 0.501 e. The van der Waals surface area contributed by atoms with Crippen LogP contribution in [0.1, 0.15) is 32.6 Å². The van der Waals surface area contributed by atoms with Crippen molar-refractivity contribution >= 4 is 8.80 Å². The fourth-order valence-corrected chi connectivity index (χ4v) is 3.88. The van der Waals surface area contributed by atoms with E-state index in [-0.39, 0.29) is 0 Å². The summed E-state index contributed by atoms with van der Waals surface area (Å²) in [4.78, 5) is 0. The van der Waals surface area contributed by atoms with Crippen LogP contribution >= 0.6 is 0 Å². The first-order valence-electron chi connectivity index (χ1n) is 6.60. The van der Waals surface area contributed by atoms with Crippen molar-refractivity contribution in [1.29, 1.82) is 0 Å². The lowest BCUT2D eigenvalue weighted by atomic mass is 10.2. The highest BCUT2D eigenvalue weighted by atomic mass is 28.4. The van der Waals surface area contributed by atoms with Crippen molar-refractivity contribution in [3.8, 4) is 5.75 Å². The van der Waals surface area contributed by atoms with Crippen LogP contribution in [-0.4, -0.2) is 23.0 Å². The van der Waals surface area contributed by atoms with Gasteiger partial charge in [-0.25, -0.2) is 0 Å². The minimum absolute atomic E-state index is 0.823. The lowest BCUT2D eigenvalue weighted by molar-refractivity contribution is 0.159. The first kappa shape index (κ1) is 15.2. The van der Waals surface area contributed by atoms with Crippen molar-refractivity contribution in [3.63, 3.8) is 0 Å². The van der Waals surface area contributed by atoms with Gasteiger partial charge in [0.25, 0.3) is 0 Å². The standard InChI is InChI=1S/C14H24O3Si/c1-4-5-6-10-13-18(15-2,16-3)17-14-11-8-7-9-12-14/h7-9,11-12H,4-6,10,13H2,1-3H3. The summed E-state index contributed by atoms with van der Waals surface area (Å²) in [5.74, 6) is 0.823. The van der Waals surface area contributed by atoms with Gasteiger partial charge in [0.15, 0.2) is 0 Å². The predicted molar refractivity (Wildman–Crippen MR) is 75.8 cm³/mol. The molecule has 0 N–H and O–H groups in total. The molecule has 0 spiro atoms. The molecule has 4 heteroatoms. The lowest BCUT2D eigenvalue weighted by Gasteiger charge is -2.26. The molecule has 0 aromatic heterocycles. The maximum atomic E-state index is 5.98. The second kappa shape index (κ2) is 8.29. The highest BCUT2D eigenvalue weighted by molar-refractivity contribution is 6.61. The van der Waals surface area contributed by atoms with Gasteiger partial charge in [0.2, 0.25) is 0 Å². The summed E-state index contributed by atoms with van der Waals surface area (Å²) in [6, 6.07) is 10.6. The van der Waals surface area contributed by atoms with E-state index in [9.17, 15) is 0 Å². The van der Waals surface area contributed by atoms with Gasteiger partial charge in [-0.3, -0.25) is 0 Å². The van der Waals surface area contributed by atoms with Gasteiger partial charge in [-0.05, 0) is 18.6 Å². The third kappa shape index (κ3) is 4.80. The van der Waals surface area contributed by atoms with E-state index in [0.717, 1.165) is 18.2 Å². The van der Waals surface area contributed by atoms with Crippen LogP contribution in [0.15, 0.2) is 30.3 Å². The number of rotatable bonds is 9. The number of benzene rings is 1. The molecule has 0 saturated carbocycles. The molecule has 0 amide bonds. The number of hydrogen-bond donors (Lipinski definition) is 0. The summed E-state index contributed by atoms with van der Waals surface area (Å²) in [5, 5.41) is 0. The zero-order valence-corrected chi connectivity index (χ0v) is 12.6. The average Bonchev–Trinajstić information content (AvgIpc) is 2.43. The fraction of sp³-hybridized carbons (Fsp3) is 0.571. The summed E-state index contributed by atoms with van der Waals surface area (Å²) in [7, 11) is 0.824. The van der Waals surface area contributed by atoms with Crippen LogP contribution in [0.4, 0.5) is 0 Å². The van der Waals surface area contributed by atoms with Crippen LogP contribution in [0.5, 0.6) is 5.75 Å². The van der Waals surface area contributed by atoms with Crippen molar-refractivity contribution in [3.05, 3.63) is 30.3 Å². The van der Waals surface area contributed by atoms with Crippen LogP contribution in [-0.2, 0) is 8.85 Å². The van der Waals surface area contributed by atoms with E-state index < -0.39 is 8.80 Å². The van der Waals surface area contributed by atoms with Gasteiger partial charge in [0.05, 0.1) is 0 Å². The molecule has 18 heavy (non-hydrogen) atoms. The zero-order chi connectivity index (χ0) is 13.3. The summed E-state index contributed by atoms with van der Waals surface area (Å²) >= 11 is 0. The molecule has 0 heterocycles. The molecule has 0 saturated heterocycles. The summed E-state index contributed by atoms with van der Waals surface area (Å²) in [6.45, 7) is 2.21. The van der Waals surface area contributed by atoms with E-state index in [1.54, 1.807) is 14.2 Å². The monoisotopic (exact) mass is 268 g/mol. The van der Waals surface area contributed by atoms with Gasteiger partial charge in [0.1, 0.15) is 5.75 Å². The number of unbranched alkanes of at least 4 members (excludes halogenated alkanes) is 3. The quantitative estimate of drug-likeness (QED) is 0.502. The molecule has 0 bridgehead atoms. The molecule has 1 aromatic carbocycles. The van der Waals surface area contributed by atoms with Gasteiger partial charge < -0.3 is 13.3 Å². The van der Waals surface area contributed by atoms with Crippen molar-refractivity contribution in [1.82, 2.24) is 0 Å². The largest absolute Gasteiger partial charge is 0.565 e. The van der Waals surface area contributed by atoms with Crippen LogP contribution < -0.4 is 4.43 Å². The Morgan fingerprint density at radius 2 is 1.61 bits per heavy atom. The fourth-order valence-electron chi connectivity index (χ4n) is 1.86.